The molecule has 1 aromatic carbocycles. The molecule has 124 valence electrons. The molecule has 0 fully saturated rings. The number of halogens is 2. The number of carbonyl (C=O) groups is 1. The molecule has 8 heteroatoms. The van der Waals surface area contributed by atoms with Gasteiger partial charge in [-0.1, -0.05) is 47.1 Å². The smallest absolute Gasteiger partial charge is 0.358 e. The molecule has 1 atom stereocenters. The van der Waals surface area contributed by atoms with E-state index in [0.717, 1.165) is 5.56 Å². The number of rotatable bonds is 4. The Balaban J connectivity index is 1.78. The number of carbonyl (C=O) groups excluding carboxylic acids is 1. The third kappa shape index (κ3) is 3.68. The summed E-state index contributed by atoms with van der Waals surface area (Å²) in [6.45, 7) is 0.121. The number of nitrogens with zero attached hydrogens (tertiary/aromatic N) is 2. The number of hydrogen-bond acceptors (Lipinski definition) is 6. The molecule has 2 N–H and O–H groups in total. The number of oxime groups is 1. The number of benzene rings is 1. The predicted molar refractivity (Wildman–Crippen MR) is 94.0 cm³/mol. The van der Waals surface area contributed by atoms with Gasteiger partial charge in [-0.25, -0.2) is 9.78 Å². The van der Waals surface area contributed by atoms with Gasteiger partial charge in [-0.05, 0) is 27.6 Å². The lowest BCUT2D eigenvalue weighted by atomic mass is 10.1. The first-order valence-electron chi connectivity index (χ1n) is 7.09. The summed E-state index contributed by atoms with van der Waals surface area (Å²) in [6, 6.07) is 10.9. The van der Waals surface area contributed by atoms with Gasteiger partial charge in [-0.2, -0.15) is 0 Å². The summed E-state index contributed by atoms with van der Waals surface area (Å²) in [5, 5.41) is 3.86. The lowest BCUT2D eigenvalue weighted by Gasteiger charge is -2.12. The number of ether oxygens (including phenoxy) is 1. The lowest BCUT2D eigenvalue weighted by molar-refractivity contribution is 0.0462. The van der Waals surface area contributed by atoms with E-state index < -0.39 is 12.1 Å². The maximum Gasteiger partial charge on any atom is 0.358 e. The van der Waals surface area contributed by atoms with Crippen LogP contribution in [0.3, 0.4) is 0 Å². The Kier molecular flexibility index (Phi) is 5.01. The minimum Gasteiger partial charge on any atom is -0.456 e. The van der Waals surface area contributed by atoms with E-state index in [0.29, 0.717) is 16.7 Å². The largest absolute Gasteiger partial charge is 0.456 e. The normalized spacial score (nSPS) is 16.4. The van der Waals surface area contributed by atoms with Crippen LogP contribution in [0.5, 0.6) is 0 Å². The monoisotopic (exact) mass is 409 g/mol. The van der Waals surface area contributed by atoms with Crippen LogP contribution < -0.4 is 5.73 Å². The van der Waals surface area contributed by atoms with Crippen molar-refractivity contribution in [3.63, 3.8) is 0 Å². The van der Waals surface area contributed by atoms with Gasteiger partial charge in [-0.15, -0.1) is 0 Å². The Morgan fingerprint density at radius 1 is 1.42 bits per heavy atom. The van der Waals surface area contributed by atoms with Crippen molar-refractivity contribution in [3.8, 4) is 0 Å². The summed E-state index contributed by atoms with van der Waals surface area (Å²) in [7, 11) is 0. The van der Waals surface area contributed by atoms with Crippen LogP contribution in [-0.4, -0.2) is 15.6 Å². The lowest BCUT2D eigenvalue weighted by Crippen LogP contribution is -2.13. The molecule has 1 aliphatic rings. The Hall–Kier alpha value is -2.12. The SMILES string of the molecule is Nc1cc(C2CC(Br)=NO2)nc(C(=O)OCc2ccccc2)c1Cl. The molecular weight excluding hydrogens is 398 g/mol. The highest BCUT2D eigenvalue weighted by Crippen LogP contribution is 2.32. The molecule has 0 radical (unpaired) electrons. The van der Waals surface area contributed by atoms with E-state index in [1.54, 1.807) is 6.07 Å². The van der Waals surface area contributed by atoms with Gasteiger partial charge >= 0.3 is 5.97 Å². The van der Waals surface area contributed by atoms with Gasteiger partial charge in [-0.3, -0.25) is 0 Å². The first-order valence-corrected chi connectivity index (χ1v) is 8.27. The number of pyridine rings is 1. The summed E-state index contributed by atoms with van der Waals surface area (Å²) < 4.78 is 5.93. The van der Waals surface area contributed by atoms with E-state index in [-0.39, 0.29) is 23.0 Å². The first-order chi connectivity index (χ1) is 11.5. The number of nitrogen functional groups attached to an aromatic ring is 1. The van der Waals surface area contributed by atoms with Gasteiger partial charge in [0.05, 0.1) is 16.4 Å². The molecule has 0 saturated heterocycles. The molecule has 3 rings (SSSR count). The van der Waals surface area contributed by atoms with Crippen LogP contribution in [0.15, 0.2) is 41.6 Å². The maximum absolute atomic E-state index is 12.3. The molecule has 1 aromatic heterocycles. The van der Waals surface area contributed by atoms with Crippen LogP contribution in [-0.2, 0) is 16.2 Å². The fourth-order valence-corrected chi connectivity index (χ4v) is 2.72. The summed E-state index contributed by atoms with van der Waals surface area (Å²) in [5.41, 5.74) is 7.42. The van der Waals surface area contributed by atoms with Gasteiger partial charge in [0.15, 0.2) is 11.8 Å². The van der Waals surface area contributed by atoms with E-state index in [1.807, 2.05) is 30.3 Å². The fraction of sp³-hybridized carbons (Fsp3) is 0.188. The molecule has 0 spiro atoms. The Morgan fingerprint density at radius 3 is 2.83 bits per heavy atom. The average Bonchev–Trinajstić information content (AvgIpc) is 3.02. The van der Waals surface area contributed by atoms with Gasteiger partial charge in [0.25, 0.3) is 0 Å². The molecule has 0 amide bonds. The number of anilines is 1. The summed E-state index contributed by atoms with van der Waals surface area (Å²) in [4.78, 5) is 21.8. The molecule has 6 nitrogen and oxygen atoms in total. The second-order valence-corrected chi connectivity index (χ2v) is 6.42. The molecular formula is C16H13BrClN3O3. The minimum absolute atomic E-state index is 0.0331. The molecule has 0 saturated carbocycles. The maximum atomic E-state index is 12.3. The van der Waals surface area contributed by atoms with E-state index in [2.05, 4.69) is 26.1 Å². The van der Waals surface area contributed by atoms with E-state index >= 15 is 0 Å². The van der Waals surface area contributed by atoms with Gasteiger partial charge in [0.2, 0.25) is 0 Å². The van der Waals surface area contributed by atoms with Crippen molar-refractivity contribution in [1.82, 2.24) is 4.98 Å². The van der Waals surface area contributed by atoms with Crippen molar-refractivity contribution in [2.24, 2.45) is 5.16 Å². The van der Waals surface area contributed by atoms with Gasteiger partial charge < -0.3 is 15.3 Å². The van der Waals surface area contributed by atoms with E-state index in [4.69, 9.17) is 26.9 Å². The summed E-state index contributed by atoms with van der Waals surface area (Å²) >= 11 is 9.37. The topological polar surface area (TPSA) is 86.8 Å². The zero-order valence-corrected chi connectivity index (χ0v) is 14.8. The van der Waals surface area contributed by atoms with Gasteiger partial charge in [0.1, 0.15) is 11.2 Å². The number of aromatic nitrogens is 1. The fourth-order valence-electron chi connectivity index (χ4n) is 2.17. The molecule has 0 bridgehead atoms. The highest BCUT2D eigenvalue weighted by molar-refractivity contribution is 9.18. The van der Waals surface area contributed by atoms with Crippen LogP contribution >= 0.6 is 27.5 Å². The number of nitrogens with two attached hydrogens (primary N) is 1. The van der Waals surface area contributed by atoms with Crippen LogP contribution in [0.4, 0.5) is 5.69 Å². The Labute approximate surface area is 151 Å². The third-order valence-corrected chi connectivity index (χ3v) is 4.24. The van der Waals surface area contributed by atoms with Crippen molar-refractivity contribution >= 4 is 43.8 Å². The average molecular weight is 411 g/mol. The van der Waals surface area contributed by atoms with Gasteiger partial charge in [0, 0.05) is 6.42 Å². The first kappa shape index (κ1) is 16.7. The summed E-state index contributed by atoms with van der Waals surface area (Å²) in [5.74, 6) is -0.643. The number of hydrogen-bond donors (Lipinski definition) is 1. The van der Waals surface area contributed by atoms with Crippen molar-refractivity contribution in [2.45, 2.75) is 19.1 Å². The molecule has 24 heavy (non-hydrogen) atoms. The second kappa shape index (κ2) is 7.19. The second-order valence-electron chi connectivity index (χ2n) is 5.13. The van der Waals surface area contributed by atoms with Crippen LogP contribution in [0.25, 0.3) is 0 Å². The van der Waals surface area contributed by atoms with Crippen LogP contribution in [0, 0.1) is 0 Å². The molecule has 0 aliphatic carbocycles. The van der Waals surface area contributed by atoms with E-state index in [9.17, 15) is 4.79 Å². The summed E-state index contributed by atoms with van der Waals surface area (Å²) in [6.07, 6.45) is 0.0895. The van der Waals surface area contributed by atoms with Crippen molar-refractivity contribution in [2.75, 3.05) is 5.73 Å². The van der Waals surface area contributed by atoms with Crippen molar-refractivity contribution in [3.05, 3.63) is 58.4 Å². The molecule has 1 unspecified atom stereocenters. The van der Waals surface area contributed by atoms with Crippen LogP contribution in [0.1, 0.15) is 34.3 Å². The molecule has 2 aromatic rings. The van der Waals surface area contributed by atoms with Crippen molar-refractivity contribution < 1.29 is 14.4 Å². The zero-order chi connectivity index (χ0) is 17.1. The van der Waals surface area contributed by atoms with Crippen molar-refractivity contribution in [1.29, 1.82) is 0 Å². The highest BCUT2D eigenvalue weighted by Gasteiger charge is 2.26. The van der Waals surface area contributed by atoms with E-state index in [1.165, 1.54) is 0 Å². The standard InChI is InChI=1S/C16H13BrClN3O3/c17-13-7-12(24-21-13)11-6-10(19)14(18)15(20-11)16(22)23-8-9-4-2-1-3-5-9/h1-6,12H,7-8H2,(H2,19,20). The van der Waals surface area contributed by atoms with Crippen LogP contribution in [0.2, 0.25) is 5.02 Å². The predicted octanol–water partition coefficient (Wildman–Crippen LogP) is 3.84. The highest BCUT2D eigenvalue weighted by atomic mass is 79.9. The minimum atomic E-state index is -0.643. The third-order valence-electron chi connectivity index (χ3n) is 3.37. The quantitative estimate of drug-likeness (QED) is 0.774. The molecule has 1 aliphatic heterocycles. The molecule has 2 heterocycles. The Morgan fingerprint density at radius 2 is 2.17 bits per heavy atom. The zero-order valence-electron chi connectivity index (χ0n) is 12.4. The number of esters is 1. The Bertz CT molecular complexity index is 799.